The average Bonchev–Trinajstić information content (AvgIpc) is 2.78. The van der Waals surface area contributed by atoms with Gasteiger partial charge in [-0.25, -0.2) is 4.98 Å². The molecular weight excluding hydrogens is 246 g/mol. The van der Waals surface area contributed by atoms with E-state index in [1.165, 1.54) is 0 Å². The van der Waals surface area contributed by atoms with E-state index in [9.17, 15) is 0 Å². The van der Waals surface area contributed by atoms with Crippen LogP contribution in [0.2, 0.25) is 5.02 Å². The van der Waals surface area contributed by atoms with Crippen LogP contribution in [-0.4, -0.2) is 16.1 Å². The van der Waals surface area contributed by atoms with Crippen LogP contribution in [-0.2, 0) is 0 Å². The summed E-state index contributed by atoms with van der Waals surface area (Å²) in [7, 11) is 0. The highest BCUT2D eigenvalue weighted by Crippen LogP contribution is 2.21. The molecule has 1 heterocycles. The van der Waals surface area contributed by atoms with Gasteiger partial charge in [-0.3, -0.25) is 4.57 Å². The monoisotopic (exact) mass is 263 g/mol. The number of imidazole rings is 1. The lowest BCUT2D eigenvalue weighted by Gasteiger charge is -2.12. The van der Waals surface area contributed by atoms with Gasteiger partial charge in [0.05, 0.1) is 0 Å². The summed E-state index contributed by atoms with van der Waals surface area (Å²) in [5, 5.41) is 4.11. The predicted octanol–water partition coefficient (Wildman–Crippen LogP) is 3.90. The van der Waals surface area contributed by atoms with Crippen molar-refractivity contribution in [2.45, 2.75) is 20.8 Å². The number of aryl methyl sites for hydroxylation is 1. The Bertz CT molecular complexity index is 532. The molecule has 96 valence electrons. The molecule has 0 amide bonds. The minimum atomic E-state index is 0.580. The van der Waals surface area contributed by atoms with E-state index in [4.69, 9.17) is 11.6 Å². The summed E-state index contributed by atoms with van der Waals surface area (Å²) < 4.78 is 2.01. The summed E-state index contributed by atoms with van der Waals surface area (Å²) in [6, 6.07) is 6.02. The van der Waals surface area contributed by atoms with Gasteiger partial charge in [0.2, 0.25) is 5.95 Å². The molecular formula is C14H18ClN3. The van der Waals surface area contributed by atoms with Gasteiger partial charge >= 0.3 is 0 Å². The summed E-state index contributed by atoms with van der Waals surface area (Å²) in [5.74, 6) is 1.43. The molecule has 0 aliphatic carbocycles. The lowest BCUT2D eigenvalue weighted by atomic mass is 10.2. The Hall–Kier alpha value is -1.48. The number of anilines is 1. The van der Waals surface area contributed by atoms with Crippen molar-refractivity contribution < 1.29 is 0 Å². The topological polar surface area (TPSA) is 29.9 Å². The highest BCUT2D eigenvalue weighted by atomic mass is 35.5. The Balaban J connectivity index is 2.27. The fraction of sp³-hybridized carbons (Fsp3) is 0.357. The third kappa shape index (κ3) is 2.85. The van der Waals surface area contributed by atoms with Crippen LogP contribution in [0.15, 0.2) is 30.6 Å². The Kier molecular flexibility index (Phi) is 3.92. The number of benzene rings is 1. The highest BCUT2D eigenvalue weighted by molar-refractivity contribution is 6.31. The predicted molar refractivity (Wildman–Crippen MR) is 76.6 cm³/mol. The van der Waals surface area contributed by atoms with Crippen molar-refractivity contribution >= 4 is 17.5 Å². The number of hydrogen-bond donors (Lipinski definition) is 1. The zero-order valence-corrected chi connectivity index (χ0v) is 11.7. The van der Waals surface area contributed by atoms with E-state index in [0.717, 1.165) is 28.8 Å². The van der Waals surface area contributed by atoms with E-state index >= 15 is 0 Å². The summed E-state index contributed by atoms with van der Waals surface area (Å²) in [4.78, 5) is 4.33. The quantitative estimate of drug-likeness (QED) is 0.907. The van der Waals surface area contributed by atoms with E-state index in [0.29, 0.717) is 5.92 Å². The van der Waals surface area contributed by atoms with E-state index in [-0.39, 0.29) is 0 Å². The molecule has 0 fully saturated rings. The molecule has 0 atom stereocenters. The standard InChI is InChI=1S/C14H18ClN3/c1-10(2)9-17-14-16-6-7-18(14)12-5-4-11(3)13(15)8-12/h4-8,10H,9H2,1-3H3,(H,16,17). The smallest absolute Gasteiger partial charge is 0.207 e. The maximum absolute atomic E-state index is 6.16. The van der Waals surface area contributed by atoms with Crippen LogP contribution in [0.3, 0.4) is 0 Å². The van der Waals surface area contributed by atoms with Crippen molar-refractivity contribution in [2.75, 3.05) is 11.9 Å². The average molecular weight is 264 g/mol. The van der Waals surface area contributed by atoms with Gasteiger partial charge < -0.3 is 5.32 Å². The van der Waals surface area contributed by atoms with Gasteiger partial charge in [0.1, 0.15) is 0 Å². The molecule has 1 aromatic carbocycles. The molecule has 0 unspecified atom stereocenters. The number of nitrogens with zero attached hydrogens (tertiary/aromatic N) is 2. The molecule has 2 rings (SSSR count). The molecule has 18 heavy (non-hydrogen) atoms. The molecule has 0 aliphatic rings. The lowest BCUT2D eigenvalue weighted by Crippen LogP contribution is -2.12. The van der Waals surface area contributed by atoms with Gasteiger partial charge in [-0.05, 0) is 30.5 Å². The Morgan fingerprint density at radius 3 is 2.83 bits per heavy atom. The molecule has 0 radical (unpaired) electrons. The first-order valence-electron chi connectivity index (χ1n) is 6.11. The van der Waals surface area contributed by atoms with Crippen molar-refractivity contribution in [1.82, 2.24) is 9.55 Å². The van der Waals surface area contributed by atoms with Crippen molar-refractivity contribution in [3.63, 3.8) is 0 Å². The third-order valence-electron chi connectivity index (χ3n) is 2.74. The number of aromatic nitrogens is 2. The molecule has 0 saturated carbocycles. The summed E-state index contributed by atoms with van der Waals surface area (Å²) in [6.07, 6.45) is 3.72. The van der Waals surface area contributed by atoms with Crippen LogP contribution in [0.1, 0.15) is 19.4 Å². The minimum Gasteiger partial charge on any atom is -0.355 e. The van der Waals surface area contributed by atoms with Gasteiger partial charge in [-0.2, -0.15) is 0 Å². The zero-order chi connectivity index (χ0) is 13.1. The zero-order valence-electron chi connectivity index (χ0n) is 10.9. The summed E-state index contributed by atoms with van der Waals surface area (Å²) in [6.45, 7) is 7.24. The molecule has 3 nitrogen and oxygen atoms in total. The molecule has 0 saturated heterocycles. The van der Waals surface area contributed by atoms with Gasteiger partial charge in [0.15, 0.2) is 0 Å². The minimum absolute atomic E-state index is 0.580. The summed E-state index contributed by atoms with van der Waals surface area (Å²) >= 11 is 6.16. The fourth-order valence-electron chi connectivity index (χ4n) is 1.67. The summed E-state index contributed by atoms with van der Waals surface area (Å²) in [5.41, 5.74) is 2.10. The van der Waals surface area contributed by atoms with Crippen LogP contribution >= 0.6 is 11.6 Å². The third-order valence-corrected chi connectivity index (χ3v) is 3.15. The molecule has 0 spiro atoms. The SMILES string of the molecule is Cc1ccc(-n2ccnc2NCC(C)C)cc1Cl. The molecule has 4 heteroatoms. The van der Waals surface area contributed by atoms with Crippen molar-refractivity contribution in [3.05, 3.63) is 41.2 Å². The number of nitrogens with one attached hydrogen (secondary N) is 1. The van der Waals surface area contributed by atoms with Crippen LogP contribution in [0, 0.1) is 12.8 Å². The first-order chi connectivity index (χ1) is 8.58. The normalized spacial score (nSPS) is 10.9. The van der Waals surface area contributed by atoms with Gasteiger partial charge in [-0.15, -0.1) is 0 Å². The van der Waals surface area contributed by atoms with Crippen LogP contribution < -0.4 is 5.32 Å². The Morgan fingerprint density at radius 2 is 2.17 bits per heavy atom. The van der Waals surface area contributed by atoms with E-state index in [2.05, 4.69) is 24.1 Å². The molecule has 1 N–H and O–H groups in total. The fourth-order valence-corrected chi connectivity index (χ4v) is 1.84. The maximum atomic E-state index is 6.16. The van der Waals surface area contributed by atoms with Crippen LogP contribution in [0.4, 0.5) is 5.95 Å². The van der Waals surface area contributed by atoms with E-state index in [1.54, 1.807) is 6.20 Å². The molecule has 0 aliphatic heterocycles. The van der Waals surface area contributed by atoms with Crippen LogP contribution in [0.5, 0.6) is 0 Å². The van der Waals surface area contributed by atoms with Gasteiger partial charge in [-0.1, -0.05) is 31.5 Å². The van der Waals surface area contributed by atoms with Crippen molar-refractivity contribution in [2.24, 2.45) is 5.92 Å². The van der Waals surface area contributed by atoms with E-state index in [1.807, 2.05) is 35.9 Å². The maximum Gasteiger partial charge on any atom is 0.207 e. The first-order valence-corrected chi connectivity index (χ1v) is 6.49. The number of halogens is 1. The molecule has 2 aromatic rings. The second kappa shape index (κ2) is 5.44. The highest BCUT2D eigenvalue weighted by Gasteiger charge is 2.06. The lowest BCUT2D eigenvalue weighted by molar-refractivity contribution is 0.683. The second-order valence-corrected chi connectivity index (χ2v) is 5.24. The van der Waals surface area contributed by atoms with Gasteiger partial charge in [0.25, 0.3) is 0 Å². The second-order valence-electron chi connectivity index (χ2n) is 4.83. The molecule has 0 bridgehead atoms. The van der Waals surface area contributed by atoms with Crippen molar-refractivity contribution in [3.8, 4) is 5.69 Å². The van der Waals surface area contributed by atoms with E-state index < -0.39 is 0 Å². The number of hydrogen-bond acceptors (Lipinski definition) is 2. The van der Waals surface area contributed by atoms with Crippen LogP contribution in [0.25, 0.3) is 5.69 Å². The number of rotatable bonds is 4. The Morgan fingerprint density at radius 1 is 1.39 bits per heavy atom. The first kappa shape index (κ1) is 13.0. The Labute approximate surface area is 113 Å². The molecule has 1 aromatic heterocycles. The van der Waals surface area contributed by atoms with Gasteiger partial charge in [0, 0.05) is 29.6 Å². The van der Waals surface area contributed by atoms with Crippen molar-refractivity contribution in [1.29, 1.82) is 0 Å². The largest absolute Gasteiger partial charge is 0.355 e.